The highest BCUT2D eigenvalue weighted by Crippen LogP contribution is 2.23. The zero-order valence-corrected chi connectivity index (χ0v) is 18.3. The third kappa shape index (κ3) is 6.41. The van der Waals surface area contributed by atoms with Crippen LogP contribution in [0.1, 0.15) is 51.0 Å². The van der Waals surface area contributed by atoms with Crippen LogP contribution in [0.4, 0.5) is 0 Å². The number of nitrogens with one attached hydrogen (secondary N) is 1. The number of piperidine rings is 1. The molecule has 1 aromatic carbocycles. The normalized spacial score (nSPS) is 24.8. The van der Waals surface area contributed by atoms with Gasteiger partial charge in [-0.15, -0.1) is 24.0 Å². The van der Waals surface area contributed by atoms with Crippen LogP contribution in [0.2, 0.25) is 0 Å². The van der Waals surface area contributed by atoms with Gasteiger partial charge in [0.05, 0.1) is 6.10 Å². The lowest BCUT2D eigenvalue weighted by Gasteiger charge is -2.37. The molecule has 0 bridgehead atoms. The molecule has 2 aliphatic rings. The van der Waals surface area contributed by atoms with Crippen molar-refractivity contribution in [2.24, 2.45) is 10.9 Å². The highest BCUT2D eigenvalue weighted by molar-refractivity contribution is 14.0. The van der Waals surface area contributed by atoms with Crippen molar-refractivity contribution in [2.45, 2.75) is 64.0 Å². The van der Waals surface area contributed by atoms with Crippen LogP contribution >= 0.6 is 24.0 Å². The minimum Gasteiger partial charge on any atom is -0.393 e. The molecule has 1 heterocycles. The zero-order chi connectivity index (χ0) is 17.5. The predicted octanol–water partition coefficient (Wildman–Crippen LogP) is 3.83. The number of hydrogen-bond donors (Lipinski definition) is 2. The van der Waals surface area contributed by atoms with Crippen LogP contribution in [-0.4, -0.2) is 47.7 Å². The molecule has 0 aromatic heterocycles. The Bertz CT molecular complexity index is 535. The van der Waals surface area contributed by atoms with Crippen molar-refractivity contribution in [3.63, 3.8) is 0 Å². The van der Waals surface area contributed by atoms with Gasteiger partial charge in [0.25, 0.3) is 0 Å². The monoisotopic (exact) mass is 471 g/mol. The second-order valence-corrected chi connectivity index (χ2v) is 7.57. The highest BCUT2D eigenvalue weighted by atomic mass is 127. The fourth-order valence-corrected chi connectivity index (χ4v) is 4.09. The van der Waals surface area contributed by atoms with Crippen LogP contribution in [0.25, 0.3) is 0 Å². The molecule has 2 N–H and O–H groups in total. The summed E-state index contributed by atoms with van der Waals surface area (Å²) >= 11 is 0. The number of aliphatic imine (C=N–C) groups is 1. The maximum atomic E-state index is 9.69. The standard InChI is InChI=1S/C21H33N3O.HI/c1-2-22-21(23-19-8-10-20(25)11-9-19)24-14-12-18(13-15-24)16-17-6-4-3-5-7-17;/h3-7,18-20,25H,2,8-16H2,1H3,(H,22,23);1H. The van der Waals surface area contributed by atoms with E-state index < -0.39 is 0 Å². The molecule has 1 aliphatic heterocycles. The first kappa shape index (κ1) is 21.5. The largest absolute Gasteiger partial charge is 0.393 e. The molecular formula is C21H34IN3O. The van der Waals surface area contributed by atoms with Crippen LogP contribution in [0.3, 0.4) is 0 Å². The van der Waals surface area contributed by atoms with Crippen LogP contribution in [0.5, 0.6) is 0 Å². The molecule has 2 fully saturated rings. The molecule has 26 heavy (non-hydrogen) atoms. The fourth-order valence-electron chi connectivity index (χ4n) is 4.09. The quantitative estimate of drug-likeness (QED) is 0.399. The van der Waals surface area contributed by atoms with Crippen LogP contribution in [-0.2, 0) is 6.42 Å². The van der Waals surface area contributed by atoms with Crippen LogP contribution in [0.15, 0.2) is 35.3 Å². The number of benzene rings is 1. The van der Waals surface area contributed by atoms with Gasteiger partial charge >= 0.3 is 0 Å². The van der Waals surface area contributed by atoms with E-state index in [-0.39, 0.29) is 30.1 Å². The van der Waals surface area contributed by atoms with Crippen molar-refractivity contribution >= 4 is 29.9 Å². The molecular weight excluding hydrogens is 437 g/mol. The second kappa shape index (κ2) is 11.1. The number of halogens is 1. The Morgan fingerprint density at radius 2 is 1.73 bits per heavy atom. The Hall–Kier alpha value is -0.820. The molecule has 0 radical (unpaired) electrons. The third-order valence-electron chi connectivity index (χ3n) is 5.62. The molecule has 3 rings (SSSR count). The molecule has 1 saturated carbocycles. The molecule has 146 valence electrons. The molecule has 1 saturated heterocycles. The first-order valence-electron chi connectivity index (χ1n) is 10.0. The van der Waals surface area contributed by atoms with Crippen molar-refractivity contribution in [1.29, 1.82) is 0 Å². The Labute approximate surface area is 175 Å². The van der Waals surface area contributed by atoms with Crippen LogP contribution in [0, 0.1) is 5.92 Å². The topological polar surface area (TPSA) is 47.9 Å². The lowest BCUT2D eigenvalue weighted by Crippen LogP contribution is -2.50. The van der Waals surface area contributed by atoms with Gasteiger partial charge in [-0.05, 0) is 63.4 Å². The Balaban J connectivity index is 0.00000243. The Morgan fingerprint density at radius 1 is 1.08 bits per heavy atom. The number of aliphatic hydroxyl groups is 1. The Morgan fingerprint density at radius 3 is 2.35 bits per heavy atom. The molecule has 1 aliphatic carbocycles. The Kier molecular flexibility index (Phi) is 9.19. The van der Waals surface area contributed by atoms with E-state index in [4.69, 9.17) is 4.99 Å². The first-order valence-corrected chi connectivity index (χ1v) is 10.0. The number of likely N-dealkylation sites (tertiary alicyclic amines) is 1. The SMILES string of the molecule is CCN=C(NC1CCC(O)CC1)N1CCC(Cc2ccccc2)CC1.I. The zero-order valence-electron chi connectivity index (χ0n) is 15.9. The molecule has 0 unspecified atom stereocenters. The van der Waals surface area contributed by atoms with Crippen molar-refractivity contribution in [1.82, 2.24) is 10.2 Å². The summed E-state index contributed by atoms with van der Waals surface area (Å²) in [6, 6.07) is 11.3. The summed E-state index contributed by atoms with van der Waals surface area (Å²) in [6.45, 7) is 5.12. The summed E-state index contributed by atoms with van der Waals surface area (Å²) in [5.74, 6) is 1.87. The lowest BCUT2D eigenvalue weighted by molar-refractivity contribution is 0.119. The van der Waals surface area contributed by atoms with E-state index in [2.05, 4.69) is 47.5 Å². The first-order chi connectivity index (χ1) is 12.2. The molecule has 0 spiro atoms. The summed E-state index contributed by atoms with van der Waals surface area (Å²) in [5, 5.41) is 13.4. The van der Waals surface area contributed by atoms with E-state index in [1.165, 1.54) is 24.8 Å². The van der Waals surface area contributed by atoms with E-state index in [0.717, 1.165) is 57.2 Å². The number of aliphatic hydroxyl groups excluding tert-OH is 1. The highest BCUT2D eigenvalue weighted by Gasteiger charge is 2.25. The van der Waals surface area contributed by atoms with Crippen molar-refractivity contribution in [3.8, 4) is 0 Å². The molecule has 0 amide bonds. The third-order valence-corrected chi connectivity index (χ3v) is 5.62. The van der Waals surface area contributed by atoms with Gasteiger partial charge < -0.3 is 15.3 Å². The van der Waals surface area contributed by atoms with Gasteiger partial charge in [0.15, 0.2) is 5.96 Å². The minimum atomic E-state index is -0.0988. The van der Waals surface area contributed by atoms with Gasteiger partial charge in [-0.25, -0.2) is 0 Å². The van der Waals surface area contributed by atoms with E-state index in [9.17, 15) is 5.11 Å². The maximum Gasteiger partial charge on any atom is 0.194 e. The van der Waals surface area contributed by atoms with E-state index in [0.29, 0.717) is 6.04 Å². The number of rotatable bonds is 4. The number of hydrogen-bond acceptors (Lipinski definition) is 2. The molecule has 5 heteroatoms. The minimum absolute atomic E-state index is 0. The molecule has 4 nitrogen and oxygen atoms in total. The van der Waals surface area contributed by atoms with Gasteiger partial charge in [0, 0.05) is 25.7 Å². The molecule has 0 atom stereocenters. The summed E-state index contributed by atoms with van der Waals surface area (Å²) in [5.41, 5.74) is 1.46. The van der Waals surface area contributed by atoms with Crippen molar-refractivity contribution < 1.29 is 5.11 Å². The predicted molar refractivity (Wildman–Crippen MR) is 119 cm³/mol. The van der Waals surface area contributed by atoms with Gasteiger partial charge in [-0.3, -0.25) is 4.99 Å². The van der Waals surface area contributed by atoms with E-state index in [1.807, 2.05) is 0 Å². The van der Waals surface area contributed by atoms with Crippen molar-refractivity contribution in [3.05, 3.63) is 35.9 Å². The van der Waals surface area contributed by atoms with Gasteiger partial charge in [-0.1, -0.05) is 30.3 Å². The molecule has 1 aromatic rings. The van der Waals surface area contributed by atoms with E-state index >= 15 is 0 Å². The van der Waals surface area contributed by atoms with Crippen LogP contribution < -0.4 is 5.32 Å². The maximum absolute atomic E-state index is 9.69. The van der Waals surface area contributed by atoms with Crippen molar-refractivity contribution in [2.75, 3.05) is 19.6 Å². The van der Waals surface area contributed by atoms with Gasteiger partial charge in [0.1, 0.15) is 0 Å². The average molecular weight is 471 g/mol. The summed E-state index contributed by atoms with van der Waals surface area (Å²) < 4.78 is 0. The lowest BCUT2D eigenvalue weighted by atomic mass is 9.90. The summed E-state index contributed by atoms with van der Waals surface area (Å²) in [6.07, 6.45) is 7.50. The van der Waals surface area contributed by atoms with Gasteiger partial charge in [-0.2, -0.15) is 0 Å². The number of nitrogens with zero attached hydrogens (tertiary/aromatic N) is 2. The fraction of sp³-hybridized carbons (Fsp3) is 0.667. The number of guanidine groups is 1. The summed E-state index contributed by atoms with van der Waals surface area (Å²) in [7, 11) is 0. The van der Waals surface area contributed by atoms with E-state index in [1.54, 1.807) is 0 Å². The second-order valence-electron chi connectivity index (χ2n) is 7.57. The smallest absolute Gasteiger partial charge is 0.194 e. The average Bonchev–Trinajstić information content (AvgIpc) is 2.65. The summed E-state index contributed by atoms with van der Waals surface area (Å²) in [4.78, 5) is 7.18. The van der Waals surface area contributed by atoms with Gasteiger partial charge in [0.2, 0.25) is 0 Å².